The van der Waals surface area contributed by atoms with Crippen molar-refractivity contribution >= 4 is 11.9 Å². The minimum Gasteiger partial charge on any atom is -0.491 e. The fourth-order valence-electron chi connectivity index (χ4n) is 2.02. The maximum atomic E-state index is 12.4. The molecule has 128 valence electrons. The van der Waals surface area contributed by atoms with Gasteiger partial charge >= 0.3 is 5.97 Å². The second-order valence-corrected chi connectivity index (χ2v) is 5.65. The average Bonchev–Trinajstić information content (AvgIpc) is 2.51. The molecule has 0 spiro atoms. The lowest BCUT2D eigenvalue weighted by atomic mass is 10.1. The van der Waals surface area contributed by atoms with Crippen LogP contribution >= 0.6 is 0 Å². The van der Waals surface area contributed by atoms with E-state index >= 15 is 0 Å². The third kappa shape index (κ3) is 6.69. The Bertz CT molecular complexity index is 517. The molecule has 1 atom stereocenters. The lowest BCUT2D eigenvalue weighted by Crippen LogP contribution is -2.40. The maximum absolute atomic E-state index is 12.4. The number of nitrogens with zero attached hydrogens (tertiary/aromatic N) is 1. The molecule has 0 saturated carbocycles. The Morgan fingerprint density at radius 2 is 2.00 bits per heavy atom. The van der Waals surface area contributed by atoms with Gasteiger partial charge in [-0.2, -0.15) is 0 Å². The third-order valence-corrected chi connectivity index (χ3v) is 3.38. The molecular formula is C17H26N2O4. The second kappa shape index (κ2) is 9.84. The highest BCUT2D eigenvalue weighted by atomic mass is 16.5. The smallest absolute Gasteiger partial charge is 0.326 e. The Morgan fingerprint density at radius 1 is 1.30 bits per heavy atom. The number of amides is 1. The van der Waals surface area contributed by atoms with Crippen molar-refractivity contribution in [3.05, 3.63) is 29.8 Å². The number of carbonyl (C=O) groups excluding carboxylic acids is 1. The molecule has 1 aromatic rings. The van der Waals surface area contributed by atoms with Gasteiger partial charge in [-0.15, -0.1) is 0 Å². The number of likely N-dealkylation sites (N-methyl/N-ethyl adjacent to an activating group) is 1. The highest BCUT2D eigenvalue weighted by Crippen LogP contribution is 2.18. The van der Waals surface area contributed by atoms with Gasteiger partial charge in [0.05, 0.1) is 5.56 Å². The van der Waals surface area contributed by atoms with Crippen LogP contribution in [0.5, 0.6) is 5.75 Å². The van der Waals surface area contributed by atoms with E-state index in [0.717, 1.165) is 19.4 Å². The van der Waals surface area contributed by atoms with Crippen molar-refractivity contribution in [1.82, 2.24) is 10.2 Å². The molecule has 0 aromatic heterocycles. The summed E-state index contributed by atoms with van der Waals surface area (Å²) in [7, 11) is 3.88. The lowest BCUT2D eigenvalue weighted by molar-refractivity contribution is -0.139. The van der Waals surface area contributed by atoms with Crippen LogP contribution < -0.4 is 10.1 Å². The van der Waals surface area contributed by atoms with Crippen LogP contribution in [0.3, 0.4) is 0 Å². The van der Waals surface area contributed by atoms with Crippen molar-refractivity contribution < 1.29 is 19.4 Å². The number of para-hydroxylation sites is 1. The zero-order valence-corrected chi connectivity index (χ0v) is 14.0. The van der Waals surface area contributed by atoms with Crippen molar-refractivity contribution in [3.8, 4) is 5.75 Å². The molecule has 0 aliphatic carbocycles. The maximum Gasteiger partial charge on any atom is 0.326 e. The van der Waals surface area contributed by atoms with Gasteiger partial charge in [-0.1, -0.05) is 31.9 Å². The summed E-state index contributed by atoms with van der Waals surface area (Å²) in [5, 5.41) is 11.8. The minimum absolute atomic E-state index is 0.356. The summed E-state index contributed by atoms with van der Waals surface area (Å²) in [4.78, 5) is 25.6. The summed E-state index contributed by atoms with van der Waals surface area (Å²) in [6.07, 6.45) is 2.04. The lowest BCUT2D eigenvalue weighted by Gasteiger charge is -2.17. The van der Waals surface area contributed by atoms with Crippen molar-refractivity contribution in [3.63, 3.8) is 0 Å². The molecule has 0 heterocycles. The van der Waals surface area contributed by atoms with Crippen LogP contribution in [0.1, 0.15) is 36.5 Å². The van der Waals surface area contributed by atoms with Gasteiger partial charge in [-0.25, -0.2) is 4.79 Å². The molecule has 2 N–H and O–H groups in total. The van der Waals surface area contributed by atoms with Crippen LogP contribution in [0.25, 0.3) is 0 Å². The highest BCUT2D eigenvalue weighted by molar-refractivity contribution is 5.98. The first kappa shape index (κ1) is 19.0. The molecule has 0 aliphatic rings. The molecule has 0 bridgehead atoms. The zero-order valence-electron chi connectivity index (χ0n) is 14.0. The van der Waals surface area contributed by atoms with E-state index in [-0.39, 0.29) is 0 Å². The van der Waals surface area contributed by atoms with Crippen molar-refractivity contribution in [1.29, 1.82) is 0 Å². The normalized spacial score (nSPS) is 12.0. The van der Waals surface area contributed by atoms with Crippen LogP contribution in [0, 0.1) is 0 Å². The van der Waals surface area contributed by atoms with Gasteiger partial charge in [0.25, 0.3) is 5.91 Å². The summed E-state index contributed by atoms with van der Waals surface area (Å²) in [6, 6.07) is 5.99. The monoisotopic (exact) mass is 322 g/mol. The molecule has 0 saturated heterocycles. The van der Waals surface area contributed by atoms with Crippen LogP contribution in [-0.2, 0) is 4.79 Å². The fourth-order valence-corrected chi connectivity index (χ4v) is 2.02. The van der Waals surface area contributed by atoms with Crippen LogP contribution in [-0.4, -0.2) is 55.2 Å². The van der Waals surface area contributed by atoms with Gasteiger partial charge in [-0.05, 0) is 32.6 Å². The van der Waals surface area contributed by atoms with Gasteiger partial charge in [0.2, 0.25) is 0 Å². The minimum atomic E-state index is -1.02. The Balaban J connectivity index is 2.76. The number of nitrogens with one attached hydrogen (secondary N) is 1. The number of rotatable bonds is 10. The predicted molar refractivity (Wildman–Crippen MR) is 88.9 cm³/mol. The first-order chi connectivity index (χ1) is 11.0. The molecule has 0 radical (unpaired) electrons. The fraction of sp³-hybridized carbons (Fsp3) is 0.529. The number of unbranched alkanes of at least 4 members (excludes halogenated alkanes) is 1. The van der Waals surface area contributed by atoms with E-state index < -0.39 is 17.9 Å². The number of carbonyl (C=O) groups is 2. The van der Waals surface area contributed by atoms with E-state index in [2.05, 4.69) is 5.32 Å². The second-order valence-electron chi connectivity index (χ2n) is 5.65. The standard InChI is InChI=1S/C17H26N2O4/c1-4-5-9-14(17(21)22)18-16(20)13-8-6-7-10-15(13)23-12-11-19(2)3/h6-8,10,14H,4-5,9,11-12H2,1-3H3,(H,18,20)(H,21,22). The first-order valence-corrected chi connectivity index (χ1v) is 7.86. The Hall–Kier alpha value is -2.08. The van der Waals surface area contributed by atoms with Crippen LogP contribution in [0.4, 0.5) is 0 Å². The molecule has 1 rings (SSSR count). The van der Waals surface area contributed by atoms with E-state index in [1.165, 1.54) is 0 Å². The summed E-state index contributed by atoms with van der Waals surface area (Å²) in [6.45, 7) is 3.16. The molecular weight excluding hydrogens is 296 g/mol. The molecule has 0 fully saturated rings. The van der Waals surface area contributed by atoms with E-state index in [1.54, 1.807) is 24.3 Å². The highest BCUT2D eigenvalue weighted by Gasteiger charge is 2.21. The quantitative estimate of drug-likeness (QED) is 0.689. The largest absolute Gasteiger partial charge is 0.491 e. The van der Waals surface area contributed by atoms with Crippen molar-refractivity contribution in [2.24, 2.45) is 0 Å². The van der Waals surface area contributed by atoms with E-state index in [0.29, 0.717) is 24.3 Å². The van der Waals surface area contributed by atoms with Crippen molar-refractivity contribution in [2.45, 2.75) is 32.2 Å². The van der Waals surface area contributed by atoms with E-state index in [1.807, 2.05) is 25.9 Å². The number of hydrogen-bond donors (Lipinski definition) is 2. The SMILES string of the molecule is CCCCC(NC(=O)c1ccccc1OCCN(C)C)C(=O)O. The Morgan fingerprint density at radius 3 is 2.61 bits per heavy atom. The Kier molecular flexibility index (Phi) is 8.11. The molecule has 1 unspecified atom stereocenters. The number of benzene rings is 1. The van der Waals surface area contributed by atoms with E-state index in [4.69, 9.17) is 4.74 Å². The molecule has 1 amide bonds. The average molecular weight is 322 g/mol. The predicted octanol–water partition coefficient (Wildman–Crippen LogP) is 2.00. The zero-order chi connectivity index (χ0) is 17.2. The summed E-state index contributed by atoms with van der Waals surface area (Å²) >= 11 is 0. The number of hydrogen-bond acceptors (Lipinski definition) is 4. The number of ether oxygens (including phenoxy) is 1. The van der Waals surface area contributed by atoms with Gasteiger partial charge in [-0.3, -0.25) is 4.79 Å². The Labute approximate surface area is 137 Å². The van der Waals surface area contributed by atoms with Gasteiger partial charge in [0.1, 0.15) is 18.4 Å². The molecule has 6 nitrogen and oxygen atoms in total. The topological polar surface area (TPSA) is 78.9 Å². The third-order valence-electron chi connectivity index (χ3n) is 3.38. The van der Waals surface area contributed by atoms with Crippen LogP contribution in [0.15, 0.2) is 24.3 Å². The van der Waals surface area contributed by atoms with Crippen molar-refractivity contribution in [2.75, 3.05) is 27.2 Å². The molecule has 0 aliphatic heterocycles. The summed E-state index contributed by atoms with van der Waals surface area (Å²) in [5.74, 6) is -0.974. The van der Waals surface area contributed by atoms with Crippen LogP contribution in [0.2, 0.25) is 0 Å². The van der Waals surface area contributed by atoms with E-state index in [9.17, 15) is 14.7 Å². The summed E-state index contributed by atoms with van der Waals surface area (Å²) in [5.41, 5.74) is 0.356. The van der Waals surface area contributed by atoms with Gasteiger partial charge < -0.3 is 20.1 Å². The van der Waals surface area contributed by atoms with Gasteiger partial charge in [0, 0.05) is 6.54 Å². The number of carboxylic acids is 1. The first-order valence-electron chi connectivity index (χ1n) is 7.86. The number of carboxylic acid groups (broad SMARTS) is 1. The molecule has 1 aromatic carbocycles. The summed E-state index contributed by atoms with van der Waals surface area (Å²) < 4.78 is 5.64. The van der Waals surface area contributed by atoms with Gasteiger partial charge in [0.15, 0.2) is 0 Å². The number of aliphatic carboxylic acids is 1. The molecule has 23 heavy (non-hydrogen) atoms. The molecule has 6 heteroatoms.